The Kier molecular flexibility index (Phi) is 4.33. The number of carbonyl (C=O) groups is 1. The van der Waals surface area contributed by atoms with E-state index in [0.717, 1.165) is 25.7 Å². The summed E-state index contributed by atoms with van der Waals surface area (Å²) in [6.07, 6.45) is 3.89. The molecule has 0 aromatic rings. The van der Waals surface area contributed by atoms with Crippen molar-refractivity contribution in [3.63, 3.8) is 0 Å². The zero-order valence-corrected chi connectivity index (χ0v) is 10.4. The maximum Gasteiger partial charge on any atom is 0.221 e. The van der Waals surface area contributed by atoms with E-state index < -0.39 is 5.60 Å². The van der Waals surface area contributed by atoms with Crippen LogP contribution in [0.3, 0.4) is 0 Å². The molecule has 0 heterocycles. The monoisotopic (exact) mass is 228 g/mol. The molecule has 1 saturated carbocycles. The number of carbonyl (C=O) groups excluding carboxylic acids is 1. The third-order valence-electron chi connectivity index (χ3n) is 3.52. The van der Waals surface area contributed by atoms with Gasteiger partial charge in [-0.15, -0.1) is 0 Å². The Bertz CT molecular complexity index is 241. The van der Waals surface area contributed by atoms with Gasteiger partial charge in [-0.25, -0.2) is 0 Å². The summed E-state index contributed by atoms with van der Waals surface area (Å²) >= 11 is 0. The molecule has 1 rings (SSSR count). The fraction of sp³-hybridized carbons (Fsp3) is 0.917. The summed E-state index contributed by atoms with van der Waals surface area (Å²) in [5.41, 5.74) is 4.90. The summed E-state index contributed by atoms with van der Waals surface area (Å²) in [5, 5.41) is 13.0. The standard InChI is InChI=1S/C12H24N2O2/c1-11(2)4-6-12(16,7-5-11)9-14-10(15)3-8-13/h16H,3-9,13H2,1-2H3,(H,14,15). The minimum Gasteiger partial charge on any atom is -0.388 e. The van der Waals surface area contributed by atoms with Crippen molar-refractivity contribution in [2.45, 2.75) is 51.6 Å². The van der Waals surface area contributed by atoms with Crippen molar-refractivity contribution in [1.29, 1.82) is 0 Å². The summed E-state index contributed by atoms with van der Waals surface area (Å²) in [6.45, 7) is 5.17. The number of rotatable bonds is 4. The molecule has 16 heavy (non-hydrogen) atoms. The molecule has 4 heteroatoms. The van der Waals surface area contributed by atoms with Gasteiger partial charge >= 0.3 is 0 Å². The highest BCUT2D eigenvalue weighted by molar-refractivity contribution is 5.76. The predicted molar refractivity (Wildman–Crippen MR) is 63.9 cm³/mol. The van der Waals surface area contributed by atoms with Gasteiger partial charge < -0.3 is 16.2 Å². The minimum absolute atomic E-state index is 0.0687. The van der Waals surface area contributed by atoms with Crippen LogP contribution in [0.25, 0.3) is 0 Å². The lowest BCUT2D eigenvalue weighted by molar-refractivity contribution is -0.122. The molecule has 0 aromatic carbocycles. The highest BCUT2D eigenvalue weighted by Gasteiger charge is 2.36. The summed E-state index contributed by atoms with van der Waals surface area (Å²) in [5.74, 6) is -0.0687. The van der Waals surface area contributed by atoms with E-state index in [4.69, 9.17) is 5.73 Å². The fourth-order valence-corrected chi connectivity index (χ4v) is 2.05. The molecule has 0 spiro atoms. The van der Waals surface area contributed by atoms with Crippen LogP contribution in [0, 0.1) is 5.41 Å². The minimum atomic E-state index is -0.709. The van der Waals surface area contributed by atoms with Crippen LogP contribution < -0.4 is 11.1 Å². The Morgan fingerprint density at radius 2 is 1.88 bits per heavy atom. The van der Waals surface area contributed by atoms with Crippen molar-refractivity contribution in [1.82, 2.24) is 5.32 Å². The first-order chi connectivity index (χ1) is 7.37. The number of hydrogen-bond donors (Lipinski definition) is 3. The second-order valence-electron chi connectivity index (χ2n) is 5.70. The van der Waals surface area contributed by atoms with Gasteiger partial charge in [0.2, 0.25) is 5.91 Å². The van der Waals surface area contributed by atoms with Gasteiger partial charge in [-0.3, -0.25) is 4.79 Å². The lowest BCUT2D eigenvalue weighted by Gasteiger charge is -2.40. The number of hydrogen-bond acceptors (Lipinski definition) is 3. The lowest BCUT2D eigenvalue weighted by atomic mass is 9.71. The third kappa shape index (κ3) is 4.10. The van der Waals surface area contributed by atoms with E-state index in [1.807, 2.05) is 0 Å². The van der Waals surface area contributed by atoms with Crippen LogP contribution in [-0.4, -0.2) is 29.7 Å². The van der Waals surface area contributed by atoms with Crippen molar-refractivity contribution in [2.24, 2.45) is 11.1 Å². The molecule has 1 aliphatic carbocycles. The summed E-state index contributed by atoms with van der Waals surface area (Å²) in [7, 11) is 0. The largest absolute Gasteiger partial charge is 0.388 e. The predicted octanol–water partition coefficient (Wildman–Crippen LogP) is 0.783. The summed E-state index contributed by atoms with van der Waals surface area (Å²) < 4.78 is 0. The molecular weight excluding hydrogens is 204 g/mol. The second-order valence-corrected chi connectivity index (χ2v) is 5.70. The SMILES string of the molecule is CC1(C)CCC(O)(CNC(=O)CCN)CC1. The Labute approximate surface area is 97.6 Å². The van der Waals surface area contributed by atoms with Gasteiger partial charge in [0, 0.05) is 19.5 Å². The molecule has 0 unspecified atom stereocenters. The normalized spacial score (nSPS) is 22.8. The molecule has 1 fully saturated rings. The van der Waals surface area contributed by atoms with E-state index in [0.29, 0.717) is 24.9 Å². The van der Waals surface area contributed by atoms with Gasteiger partial charge in [0.05, 0.1) is 5.60 Å². The molecule has 0 saturated heterocycles. The molecule has 0 atom stereocenters. The Morgan fingerprint density at radius 3 is 2.38 bits per heavy atom. The van der Waals surface area contributed by atoms with Crippen molar-refractivity contribution in [2.75, 3.05) is 13.1 Å². The average molecular weight is 228 g/mol. The molecule has 1 aliphatic rings. The number of nitrogens with two attached hydrogens (primary N) is 1. The van der Waals surface area contributed by atoms with Gasteiger partial charge in [-0.2, -0.15) is 0 Å². The third-order valence-corrected chi connectivity index (χ3v) is 3.52. The highest BCUT2D eigenvalue weighted by atomic mass is 16.3. The number of aliphatic hydroxyl groups is 1. The molecule has 0 aromatic heterocycles. The van der Waals surface area contributed by atoms with Crippen LogP contribution in [0.15, 0.2) is 0 Å². The lowest BCUT2D eigenvalue weighted by Crippen LogP contribution is -2.46. The summed E-state index contributed by atoms with van der Waals surface area (Å²) in [4.78, 5) is 11.3. The van der Waals surface area contributed by atoms with Gasteiger partial charge in [0.25, 0.3) is 0 Å². The molecule has 0 radical (unpaired) electrons. The van der Waals surface area contributed by atoms with E-state index in [1.54, 1.807) is 0 Å². The van der Waals surface area contributed by atoms with Crippen LogP contribution in [0.1, 0.15) is 46.0 Å². The Balaban J connectivity index is 2.34. The maximum atomic E-state index is 11.3. The smallest absolute Gasteiger partial charge is 0.221 e. The average Bonchev–Trinajstić information content (AvgIpc) is 2.21. The Morgan fingerprint density at radius 1 is 1.31 bits per heavy atom. The molecule has 0 aliphatic heterocycles. The van der Waals surface area contributed by atoms with Crippen LogP contribution in [0.2, 0.25) is 0 Å². The van der Waals surface area contributed by atoms with Crippen molar-refractivity contribution >= 4 is 5.91 Å². The molecule has 1 amide bonds. The fourth-order valence-electron chi connectivity index (χ4n) is 2.05. The number of amides is 1. The van der Waals surface area contributed by atoms with E-state index in [-0.39, 0.29) is 5.91 Å². The van der Waals surface area contributed by atoms with Crippen molar-refractivity contribution in [3.8, 4) is 0 Å². The van der Waals surface area contributed by atoms with E-state index >= 15 is 0 Å². The van der Waals surface area contributed by atoms with E-state index in [9.17, 15) is 9.90 Å². The van der Waals surface area contributed by atoms with Crippen LogP contribution in [-0.2, 0) is 4.79 Å². The highest BCUT2D eigenvalue weighted by Crippen LogP contribution is 2.39. The van der Waals surface area contributed by atoms with Gasteiger partial charge in [-0.05, 0) is 31.1 Å². The first-order valence-electron chi connectivity index (χ1n) is 6.06. The van der Waals surface area contributed by atoms with Crippen LogP contribution >= 0.6 is 0 Å². The first kappa shape index (κ1) is 13.5. The molecule has 0 bridgehead atoms. The van der Waals surface area contributed by atoms with Crippen molar-refractivity contribution < 1.29 is 9.90 Å². The Hall–Kier alpha value is -0.610. The maximum absolute atomic E-state index is 11.3. The van der Waals surface area contributed by atoms with Crippen LogP contribution in [0.5, 0.6) is 0 Å². The van der Waals surface area contributed by atoms with Gasteiger partial charge in [0.15, 0.2) is 0 Å². The van der Waals surface area contributed by atoms with Gasteiger partial charge in [0.1, 0.15) is 0 Å². The molecule has 4 N–H and O–H groups in total. The quantitative estimate of drug-likeness (QED) is 0.665. The second kappa shape index (κ2) is 5.15. The van der Waals surface area contributed by atoms with Gasteiger partial charge in [-0.1, -0.05) is 13.8 Å². The van der Waals surface area contributed by atoms with Crippen molar-refractivity contribution in [3.05, 3.63) is 0 Å². The topological polar surface area (TPSA) is 75.3 Å². The molecule has 4 nitrogen and oxygen atoms in total. The summed E-state index contributed by atoms with van der Waals surface area (Å²) in [6, 6.07) is 0. The molecule has 94 valence electrons. The molecular formula is C12H24N2O2. The first-order valence-corrected chi connectivity index (χ1v) is 6.06. The number of nitrogens with one attached hydrogen (secondary N) is 1. The van der Waals surface area contributed by atoms with E-state index in [2.05, 4.69) is 19.2 Å². The van der Waals surface area contributed by atoms with E-state index in [1.165, 1.54) is 0 Å². The van der Waals surface area contributed by atoms with Crippen LogP contribution in [0.4, 0.5) is 0 Å². The zero-order chi connectivity index (χ0) is 12.2. The zero-order valence-electron chi connectivity index (χ0n) is 10.4.